The minimum absolute atomic E-state index is 0.0558. The summed E-state index contributed by atoms with van der Waals surface area (Å²) in [5, 5.41) is -0.887. The minimum atomic E-state index is -3.72. The highest BCUT2D eigenvalue weighted by atomic mass is 32.2. The Morgan fingerprint density at radius 1 is 1.24 bits per heavy atom. The first-order valence-corrected chi connectivity index (χ1v) is 9.64. The molecule has 2 aromatic rings. The Morgan fingerprint density at radius 3 is 2.48 bits per heavy atom. The van der Waals surface area contributed by atoms with Gasteiger partial charge in [0.1, 0.15) is 5.82 Å². The zero-order valence-electron chi connectivity index (χ0n) is 13.6. The molecule has 0 unspecified atom stereocenters. The molecule has 0 radical (unpaired) electrons. The van der Waals surface area contributed by atoms with Crippen LogP contribution >= 0.6 is 12.2 Å². The molecule has 1 saturated carbocycles. The standard InChI is InChI=1S/C18H18FNO3S2/c1-23-11-18(17(20)24)15(12-6-5-7-13(19)10-12)16(18)25(21,22)14-8-3-2-4-9-14/h2-10,15-16H,11H2,1H3,(H2,20,24)/t15-,16+,18-/m0/s1. The second-order valence-electron chi connectivity index (χ2n) is 6.15. The Balaban J connectivity index is 2.14. The fourth-order valence-electron chi connectivity index (χ4n) is 3.57. The molecule has 3 rings (SSSR count). The molecule has 4 nitrogen and oxygen atoms in total. The highest BCUT2D eigenvalue weighted by Crippen LogP contribution is 2.64. The van der Waals surface area contributed by atoms with E-state index < -0.39 is 32.2 Å². The van der Waals surface area contributed by atoms with Crippen molar-refractivity contribution in [2.75, 3.05) is 13.7 Å². The molecule has 0 heterocycles. The monoisotopic (exact) mass is 379 g/mol. The maximum atomic E-state index is 13.7. The highest BCUT2D eigenvalue weighted by Gasteiger charge is 2.73. The van der Waals surface area contributed by atoms with Crippen LogP contribution in [0.4, 0.5) is 4.39 Å². The second kappa shape index (κ2) is 6.48. The van der Waals surface area contributed by atoms with Gasteiger partial charge in [-0.05, 0) is 29.8 Å². The lowest BCUT2D eigenvalue weighted by Crippen LogP contribution is -2.33. The topological polar surface area (TPSA) is 69.4 Å². The molecule has 7 heteroatoms. The van der Waals surface area contributed by atoms with Crippen molar-refractivity contribution in [3.63, 3.8) is 0 Å². The number of rotatable bonds is 6. The second-order valence-corrected chi connectivity index (χ2v) is 8.66. The summed E-state index contributed by atoms with van der Waals surface area (Å²) in [6.07, 6.45) is 0. The Morgan fingerprint density at radius 2 is 1.92 bits per heavy atom. The van der Waals surface area contributed by atoms with Gasteiger partial charge in [-0.2, -0.15) is 0 Å². The van der Waals surface area contributed by atoms with E-state index in [-0.39, 0.29) is 16.5 Å². The third kappa shape index (κ3) is 2.86. The molecule has 3 atom stereocenters. The Hall–Kier alpha value is -1.83. The first-order chi connectivity index (χ1) is 11.9. The Labute approximate surface area is 151 Å². The van der Waals surface area contributed by atoms with Crippen LogP contribution in [0.5, 0.6) is 0 Å². The molecule has 0 spiro atoms. The number of benzene rings is 2. The van der Waals surface area contributed by atoms with Crippen molar-refractivity contribution in [1.82, 2.24) is 0 Å². The maximum Gasteiger partial charge on any atom is 0.182 e. The van der Waals surface area contributed by atoms with Gasteiger partial charge in [0.05, 0.1) is 27.2 Å². The van der Waals surface area contributed by atoms with E-state index in [9.17, 15) is 12.8 Å². The van der Waals surface area contributed by atoms with Crippen molar-refractivity contribution < 1.29 is 17.5 Å². The molecule has 1 fully saturated rings. The van der Waals surface area contributed by atoms with Gasteiger partial charge in [-0.25, -0.2) is 12.8 Å². The van der Waals surface area contributed by atoms with Gasteiger partial charge < -0.3 is 10.5 Å². The number of hydrogen-bond donors (Lipinski definition) is 1. The molecule has 0 saturated heterocycles. The minimum Gasteiger partial charge on any atom is -0.393 e. The third-order valence-corrected chi connectivity index (χ3v) is 7.38. The normalized spacial score (nSPS) is 25.5. The van der Waals surface area contributed by atoms with E-state index in [4.69, 9.17) is 22.7 Å². The van der Waals surface area contributed by atoms with Gasteiger partial charge in [0.2, 0.25) is 0 Å². The largest absolute Gasteiger partial charge is 0.393 e. The van der Waals surface area contributed by atoms with Crippen molar-refractivity contribution in [1.29, 1.82) is 0 Å². The van der Waals surface area contributed by atoms with Crippen LogP contribution in [-0.2, 0) is 14.6 Å². The number of sulfone groups is 1. The molecule has 0 aliphatic heterocycles. The summed E-state index contributed by atoms with van der Waals surface area (Å²) in [5.41, 5.74) is 5.44. The molecule has 0 aromatic heterocycles. The predicted octanol–water partition coefficient (Wildman–Crippen LogP) is 2.68. The number of nitrogens with two attached hydrogens (primary N) is 1. The number of thiocarbonyl (C=S) groups is 1. The molecule has 132 valence electrons. The predicted molar refractivity (Wildman–Crippen MR) is 97.7 cm³/mol. The van der Waals surface area contributed by atoms with Crippen LogP contribution in [0.2, 0.25) is 0 Å². The molecular formula is C18H18FNO3S2. The first kappa shape index (κ1) is 18.0. The number of hydrogen-bond acceptors (Lipinski definition) is 4. The molecule has 1 aliphatic carbocycles. The summed E-state index contributed by atoms with van der Waals surface area (Å²) in [7, 11) is -2.26. The van der Waals surface area contributed by atoms with E-state index in [0.29, 0.717) is 5.56 Å². The van der Waals surface area contributed by atoms with Crippen LogP contribution in [-0.4, -0.2) is 32.4 Å². The van der Waals surface area contributed by atoms with E-state index in [1.165, 1.54) is 31.4 Å². The van der Waals surface area contributed by atoms with Gasteiger partial charge in [-0.3, -0.25) is 0 Å². The van der Waals surface area contributed by atoms with Crippen LogP contribution in [0.1, 0.15) is 11.5 Å². The number of halogens is 1. The zero-order valence-corrected chi connectivity index (χ0v) is 15.2. The Bertz CT molecular complexity index is 902. The summed E-state index contributed by atoms with van der Waals surface area (Å²) >= 11 is 5.21. The van der Waals surface area contributed by atoms with E-state index in [1.807, 2.05) is 0 Å². The number of methoxy groups -OCH3 is 1. The third-order valence-electron chi connectivity index (χ3n) is 4.71. The summed E-state index contributed by atoms with van der Waals surface area (Å²) < 4.78 is 45.3. The quantitative estimate of drug-likeness (QED) is 0.782. The van der Waals surface area contributed by atoms with Gasteiger partial charge >= 0.3 is 0 Å². The van der Waals surface area contributed by atoms with Gasteiger partial charge in [-0.1, -0.05) is 42.5 Å². The lowest BCUT2D eigenvalue weighted by molar-refractivity contribution is 0.166. The lowest BCUT2D eigenvalue weighted by atomic mass is 10.00. The molecule has 25 heavy (non-hydrogen) atoms. The highest BCUT2D eigenvalue weighted by molar-refractivity contribution is 7.92. The molecule has 0 amide bonds. The van der Waals surface area contributed by atoms with Gasteiger partial charge in [0.25, 0.3) is 0 Å². The van der Waals surface area contributed by atoms with Crippen LogP contribution < -0.4 is 5.73 Å². The van der Waals surface area contributed by atoms with Crippen molar-refractivity contribution in [3.8, 4) is 0 Å². The maximum absolute atomic E-state index is 13.7. The summed E-state index contributed by atoms with van der Waals surface area (Å²) in [4.78, 5) is 0.253. The van der Waals surface area contributed by atoms with Gasteiger partial charge in [0.15, 0.2) is 9.84 Å². The van der Waals surface area contributed by atoms with Gasteiger partial charge in [0, 0.05) is 13.0 Å². The van der Waals surface area contributed by atoms with Crippen LogP contribution in [0, 0.1) is 11.2 Å². The molecular weight excluding hydrogens is 361 g/mol. The lowest BCUT2D eigenvalue weighted by Gasteiger charge is -2.16. The SMILES string of the molecule is COC[C@@]1(C(N)=S)[C@H](S(=O)(=O)c2ccccc2)[C@@H]1c1cccc(F)c1. The zero-order chi connectivity index (χ0) is 18.2. The fourth-order valence-corrected chi connectivity index (χ4v) is 6.36. The summed E-state index contributed by atoms with van der Waals surface area (Å²) in [6.45, 7) is 0.0558. The van der Waals surface area contributed by atoms with Crippen molar-refractivity contribution in [2.45, 2.75) is 16.1 Å². The summed E-state index contributed by atoms with van der Waals surface area (Å²) in [5.74, 6) is -0.986. The molecule has 2 N–H and O–H groups in total. The first-order valence-electron chi connectivity index (χ1n) is 7.69. The molecule has 0 bridgehead atoms. The number of ether oxygens (including phenoxy) is 1. The molecule has 1 aliphatic rings. The van der Waals surface area contributed by atoms with E-state index in [1.54, 1.807) is 30.3 Å². The average molecular weight is 379 g/mol. The van der Waals surface area contributed by atoms with Crippen LogP contribution in [0.3, 0.4) is 0 Å². The smallest absolute Gasteiger partial charge is 0.182 e. The van der Waals surface area contributed by atoms with Crippen molar-refractivity contribution in [2.24, 2.45) is 11.1 Å². The van der Waals surface area contributed by atoms with E-state index in [0.717, 1.165) is 0 Å². The Kier molecular flexibility index (Phi) is 4.66. The summed E-state index contributed by atoms with van der Waals surface area (Å²) in [6, 6.07) is 14.0. The van der Waals surface area contributed by atoms with Crippen LogP contribution in [0.15, 0.2) is 59.5 Å². The van der Waals surface area contributed by atoms with E-state index in [2.05, 4.69) is 0 Å². The average Bonchev–Trinajstić information content (AvgIpc) is 3.27. The van der Waals surface area contributed by atoms with Gasteiger partial charge in [-0.15, -0.1) is 0 Å². The van der Waals surface area contributed by atoms with Crippen molar-refractivity contribution >= 4 is 27.0 Å². The van der Waals surface area contributed by atoms with Crippen LogP contribution in [0.25, 0.3) is 0 Å². The van der Waals surface area contributed by atoms with Crippen molar-refractivity contribution in [3.05, 3.63) is 66.0 Å². The van der Waals surface area contributed by atoms with E-state index >= 15 is 0 Å². The fraction of sp³-hybridized carbons (Fsp3) is 0.278. The molecule has 2 aromatic carbocycles.